The lowest BCUT2D eigenvalue weighted by atomic mass is 10.1. The molecule has 0 spiro atoms. The summed E-state index contributed by atoms with van der Waals surface area (Å²) < 4.78 is 48.3. The molecule has 0 aliphatic heterocycles. The van der Waals surface area contributed by atoms with E-state index in [4.69, 9.17) is 0 Å². The van der Waals surface area contributed by atoms with Crippen LogP contribution in [0.3, 0.4) is 0 Å². The zero-order valence-corrected chi connectivity index (χ0v) is 11.9. The molecule has 2 nitrogen and oxygen atoms in total. The third-order valence-corrected chi connectivity index (χ3v) is 5.61. The maximum atomic E-state index is 12.6. The molecule has 1 aromatic carbocycles. The molecule has 1 saturated carbocycles. The number of benzene rings is 1. The van der Waals surface area contributed by atoms with Gasteiger partial charge in [-0.2, -0.15) is 8.78 Å². The van der Waals surface area contributed by atoms with Gasteiger partial charge in [0.05, 0.1) is 4.90 Å². The number of hydrogen-bond donors (Lipinski definition) is 0. The standard InChI is InChI=1S/C12H13BrF2O2S/c13-10(8-5-6-8)7-9-3-1-2-4-11(9)18(16,17)12(14)15/h1-4,8,10,12H,5-7H2. The first-order valence-electron chi connectivity index (χ1n) is 5.67. The van der Waals surface area contributed by atoms with E-state index in [1.807, 2.05) is 0 Å². The molecule has 1 atom stereocenters. The molecule has 0 N–H and O–H groups in total. The number of alkyl halides is 3. The molecular weight excluding hydrogens is 326 g/mol. The van der Waals surface area contributed by atoms with Gasteiger partial charge in [-0.05, 0) is 36.8 Å². The van der Waals surface area contributed by atoms with Gasteiger partial charge in [0.1, 0.15) is 0 Å². The van der Waals surface area contributed by atoms with Gasteiger partial charge in [0, 0.05) is 4.83 Å². The molecular formula is C12H13BrF2O2S. The number of rotatable bonds is 5. The number of hydrogen-bond acceptors (Lipinski definition) is 2. The van der Waals surface area contributed by atoms with Crippen LogP contribution < -0.4 is 0 Å². The highest BCUT2D eigenvalue weighted by molar-refractivity contribution is 9.09. The lowest BCUT2D eigenvalue weighted by molar-refractivity contribution is 0.234. The van der Waals surface area contributed by atoms with Crippen molar-refractivity contribution in [2.45, 2.75) is 34.7 Å². The molecule has 0 bridgehead atoms. The Morgan fingerprint density at radius 3 is 2.44 bits per heavy atom. The summed E-state index contributed by atoms with van der Waals surface area (Å²) in [7, 11) is -4.51. The summed E-state index contributed by atoms with van der Waals surface area (Å²) in [6, 6.07) is 6.00. The summed E-state index contributed by atoms with van der Waals surface area (Å²) in [5.74, 6) is -2.83. The molecule has 0 aromatic heterocycles. The van der Waals surface area contributed by atoms with Gasteiger partial charge in [-0.15, -0.1) is 0 Å². The number of halogens is 3. The van der Waals surface area contributed by atoms with Gasteiger partial charge in [-0.1, -0.05) is 34.1 Å². The second-order valence-corrected chi connectivity index (χ2v) is 7.53. The maximum Gasteiger partial charge on any atom is 0.341 e. The second-order valence-electron chi connectivity index (χ2n) is 4.47. The molecule has 1 unspecified atom stereocenters. The second kappa shape index (κ2) is 5.25. The molecule has 0 heterocycles. The van der Waals surface area contributed by atoms with Gasteiger partial charge >= 0.3 is 5.76 Å². The highest BCUT2D eigenvalue weighted by Gasteiger charge is 2.33. The van der Waals surface area contributed by atoms with Gasteiger partial charge in [0.15, 0.2) is 0 Å². The monoisotopic (exact) mass is 338 g/mol. The predicted octanol–water partition coefficient (Wildman–Crippen LogP) is 3.40. The van der Waals surface area contributed by atoms with E-state index in [9.17, 15) is 17.2 Å². The third kappa shape index (κ3) is 2.91. The molecule has 100 valence electrons. The van der Waals surface area contributed by atoms with Crippen molar-refractivity contribution in [2.75, 3.05) is 0 Å². The fraction of sp³-hybridized carbons (Fsp3) is 0.500. The topological polar surface area (TPSA) is 34.1 Å². The van der Waals surface area contributed by atoms with Gasteiger partial charge in [-0.25, -0.2) is 8.42 Å². The van der Waals surface area contributed by atoms with Crippen molar-refractivity contribution in [3.8, 4) is 0 Å². The number of sulfone groups is 1. The molecule has 1 fully saturated rings. The van der Waals surface area contributed by atoms with Crippen LogP contribution in [0.25, 0.3) is 0 Å². The lowest BCUT2D eigenvalue weighted by Gasteiger charge is -2.13. The molecule has 2 rings (SSSR count). The fourth-order valence-corrected chi connectivity index (χ4v) is 3.74. The van der Waals surface area contributed by atoms with Crippen LogP contribution in [0.4, 0.5) is 8.78 Å². The van der Waals surface area contributed by atoms with E-state index in [2.05, 4.69) is 15.9 Å². The van der Waals surface area contributed by atoms with E-state index in [-0.39, 0.29) is 9.72 Å². The Kier molecular flexibility index (Phi) is 4.06. The average Bonchev–Trinajstić information content (AvgIpc) is 3.13. The van der Waals surface area contributed by atoms with Crippen molar-refractivity contribution in [3.63, 3.8) is 0 Å². The van der Waals surface area contributed by atoms with Crippen LogP contribution in [0.1, 0.15) is 18.4 Å². The van der Waals surface area contributed by atoms with Gasteiger partial charge < -0.3 is 0 Å². The van der Waals surface area contributed by atoms with Crippen LogP contribution in [0.5, 0.6) is 0 Å². The highest BCUT2D eigenvalue weighted by atomic mass is 79.9. The summed E-state index contributed by atoms with van der Waals surface area (Å²) in [5, 5.41) is 0. The zero-order valence-electron chi connectivity index (χ0n) is 9.52. The van der Waals surface area contributed by atoms with Crippen LogP contribution in [-0.2, 0) is 16.3 Å². The van der Waals surface area contributed by atoms with Crippen LogP contribution in [0.2, 0.25) is 0 Å². The SMILES string of the molecule is O=S(=O)(c1ccccc1CC(Br)C1CC1)C(F)F. The predicted molar refractivity (Wildman–Crippen MR) is 68.8 cm³/mol. The molecule has 1 aliphatic carbocycles. The Morgan fingerprint density at radius 2 is 1.89 bits per heavy atom. The van der Waals surface area contributed by atoms with E-state index < -0.39 is 15.6 Å². The summed E-state index contributed by atoms with van der Waals surface area (Å²) in [6.45, 7) is 0. The minimum atomic E-state index is -4.51. The van der Waals surface area contributed by atoms with Crippen LogP contribution in [0, 0.1) is 5.92 Å². The van der Waals surface area contributed by atoms with Gasteiger partial charge in [0.2, 0.25) is 9.84 Å². The summed E-state index contributed by atoms with van der Waals surface area (Å²) >= 11 is 3.50. The highest BCUT2D eigenvalue weighted by Crippen LogP contribution is 2.39. The van der Waals surface area contributed by atoms with Crippen LogP contribution in [-0.4, -0.2) is 19.0 Å². The Morgan fingerprint density at radius 1 is 1.28 bits per heavy atom. The normalized spacial score (nSPS) is 18.0. The Hall–Kier alpha value is -0.490. The van der Waals surface area contributed by atoms with Crippen molar-refractivity contribution in [3.05, 3.63) is 29.8 Å². The average molecular weight is 339 g/mol. The van der Waals surface area contributed by atoms with Crippen molar-refractivity contribution in [2.24, 2.45) is 5.92 Å². The quantitative estimate of drug-likeness (QED) is 0.771. The molecule has 18 heavy (non-hydrogen) atoms. The fourth-order valence-electron chi connectivity index (χ4n) is 1.88. The van der Waals surface area contributed by atoms with Crippen molar-refractivity contribution in [1.82, 2.24) is 0 Å². The Labute approximate surface area is 113 Å². The largest absolute Gasteiger partial charge is 0.341 e. The Balaban J connectivity index is 2.30. The first kappa shape index (κ1) is 13.9. The Bertz CT molecular complexity index is 527. The van der Waals surface area contributed by atoms with Gasteiger partial charge in [-0.3, -0.25) is 0 Å². The molecule has 1 aromatic rings. The molecule has 0 radical (unpaired) electrons. The van der Waals surface area contributed by atoms with E-state index >= 15 is 0 Å². The maximum absolute atomic E-state index is 12.6. The molecule has 6 heteroatoms. The molecule has 1 aliphatic rings. The van der Waals surface area contributed by atoms with Crippen molar-refractivity contribution >= 4 is 25.8 Å². The van der Waals surface area contributed by atoms with Crippen molar-refractivity contribution < 1.29 is 17.2 Å². The van der Waals surface area contributed by atoms with Gasteiger partial charge in [0.25, 0.3) is 0 Å². The van der Waals surface area contributed by atoms with E-state index in [0.717, 1.165) is 12.8 Å². The first-order chi connectivity index (χ1) is 8.43. The lowest BCUT2D eigenvalue weighted by Crippen LogP contribution is -2.15. The minimum Gasteiger partial charge on any atom is -0.218 e. The molecule has 0 saturated heterocycles. The third-order valence-electron chi connectivity index (χ3n) is 3.06. The molecule has 0 amide bonds. The van der Waals surface area contributed by atoms with E-state index in [1.54, 1.807) is 12.1 Å². The van der Waals surface area contributed by atoms with E-state index in [1.165, 1.54) is 12.1 Å². The summed E-state index contributed by atoms with van der Waals surface area (Å²) in [6.07, 6.45) is 2.69. The smallest absolute Gasteiger partial charge is 0.218 e. The minimum absolute atomic E-state index is 0.159. The van der Waals surface area contributed by atoms with Crippen LogP contribution >= 0.6 is 15.9 Å². The first-order valence-corrected chi connectivity index (χ1v) is 8.13. The summed E-state index contributed by atoms with van der Waals surface area (Å²) in [4.78, 5) is -0.0865. The summed E-state index contributed by atoms with van der Waals surface area (Å²) in [5.41, 5.74) is 0.464. The van der Waals surface area contributed by atoms with Crippen molar-refractivity contribution in [1.29, 1.82) is 0 Å². The zero-order chi connectivity index (χ0) is 13.3. The van der Waals surface area contributed by atoms with Crippen LogP contribution in [0.15, 0.2) is 29.2 Å². The van der Waals surface area contributed by atoms with E-state index in [0.29, 0.717) is 17.9 Å².